The number of nitrogens with one attached hydrogen (secondary N) is 1. The van der Waals surface area contributed by atoms with Crippen LogP contribution in [0.5, 0.6) is 5.75 Å². The highest BCUT2D eigenvalue weighted by Crippen LogP contribution is 2.36. The van der Waals surface area contributed by atoms with Crippen molar-refractivity contribution >= 4 is 23.2 Å². The minimum Gasteiger partial charge on any atom is -0.485 e. The zero-order chi connectivity index (χ0) is 11.9. The third kappa shape index (κ3) is 2.11. The van der Waals surface area contributed by atoms with E-state index in [0.29, 0.717) is 11.4 Å². The van der Waals surface area contributed by atoms with Crippen molar-refractivity contribution in [1.82, 2.24) is 0 Å². The van der Waals surface area contributed by atoms with E-state index in [0.717, 1.165) is 0 Å². The lowest BCUT2D eigenvalue weighted by atomic mass is 10.1. The fraction of sp³-hybridized carbons (Fsp3) is 0.364. The molecular formula is C11H11ClFNO2. The number of hydrogen-bond donors (Lipinski definition) is 1. The first-order valence-electron chi connectivity index (χ1n) is 4.85. The van der Waals surface area contributed by atoms with Crippen LogP contribution in [0.3, 0.4) is 0 Å². The monoisotopic (exact) mass is 243 g/mol. The van der Waals surface area contributed by atoms with Crippen LogP contribution in [0.4, 0.5) is 10.1 Å². The van der Waals surface area contributed by atoms with Crippen molar-refractivity contribution in [3.63, 3.8) is 0 Å². The van der Waals surface area contributed by atoms with Gasteiger partial charge in [0, 0.05) is 6.07 Å². The van der Waals surface area contributed by atoms with Crippen LogP contribution in [0.15, 0.2) is 12.1 Å². The van der Waals surface area contributed by atoms with E-state index in [1.165, 1.54) is 12.1 Å². The average Bonchev–Trinajstić information content (AvgIpc) is 2.21. The fourth-order valence-corrected chi connectivity index (χ4v) is 1.79. The van der Waals surface area contributed by atoms with Crippen LogP contribution >= 0.6 is 11.6 Å². The quantitative estimate of drug-likeness (QED) is 0.761. The first-order valence-corrected chi connectivity index (χ1v) is 5.23. The fourth-order valence-electron chi connectivity index (χ4n) is 1.63. The van der Waals surface area contributed by atoms with Gasteiger partial charge in [-0.25, -0.2) is 4.39 Å². The topological polar surface area (TPSA) is 38.3 Å². The molecule has 2 rings (SSSR count). The summed E-state index contributed by atoms with van der Waals surface area (Å²) in [6, 6.07) is 2.54. The molecule has 1 aromatic rings. The third-order valence-electron chi connectivity index (χ3n) is 2.27. The summed E-state index contributed by atoms with van der Waals surface area (Å²) in [4.78, 5) is 11.5. The number of amides is 1. The molecule has 86 valence electrons. The Bertz CT molecular complexity index is 460. The highest BCUT2D eigenvalue weighted by molar-refractivity contribution is 6.31. The van der Waals surface area contributed by atoms with Crippen LogP contribution in [0.25, 0.3) is 0 Å². The van der Waals surface area contributed by atoms with Gasteiger partial charge in [-0.1, -0.05) is 11.6 Å². The molecule has 16 heavy (non-hydrogen) atoms. The van der Waals surface area contributed by atoms with Gasteiger partial charge >= 0.3 is 0 Å². The number of carbonyl (C=O) groups is 1. The van der Waals surface area contributed by atoms with Gasteiger partial charge in [0.05, 0.1) is 17.1 Å². The summed E-state index contributed by atoms with van der Waals surface area (Å²) in [5.41, 5.74) is -0.253. The Kier molecular flexibility index (Phi) is 2.54. The minimum atomic E-state index is -0.657. The Morgan fingerprint density at radius 2 is 2.19 bits per heavy atom. The van der Waals surface area contributed by atoms with E-state index in [4.69, 9.17) is 16.3 Å². The van der Waals surface area contributed by atoms with Crippen LogP contribution < -0.4 is 10.1 Å². The van der Waals surface area contributed by atoms with Gasteiger partial charge in [0.15, 0.2) is 0 Å². The SMILES string of the molecule is CC1(C)CC(=O)Nc2cc(Cl)c(F)cc2O1. The summed E-state index contributed by atoms with van der Waals surface area (Å²) >= 11 is 5.64. The average molecular weight is 244 g/mol. The molecule has 0 spiro atoms. The molecule has 0 atom stereocenters. The molecule has 3 nitrogen and oxygen atoms in total. The molecular weight excluding hydrogens is 233 g/mol. The van der Waals surface area contributed by atoms with Crippen molar-refractivity contribution in [1.29, 1.82) is 0 Å². The Morgan fingerprint density at radius 3 is 2.88 bits per heavy atom. The normalized spacial score (nSPS) is 18.1. The molecule has 0 saturated heterocycles. The van der Waals surface area contributed by atoms with Gasteiger partial charge in [-0.3, -0.25) is 4.79 Å². The first-order chi connectivity index (χ1) is 7.37. The lowest BCUT2D eigenvalue weighted by Gasteiger charge is -2.23. The maximum atomic E-state index is 13.3. The first kappa shape index (κ1) is 11.2. The van der Waals surface area contributed by atoms with Crippen molar-refractivity contribution in [3.05, 3.63) is 23.0 Å². The zero-order valence-electron chi connectivity index (χ0n) is 8.93. The summed E-state index contributed by atoms with van der Waals surface area (Å²) < 4.78 is 18.8. The Hall–Kier alpha value is -1.29. The molecule has 0 unspecified atom stereocenters. The number of anilines is 1. The maximum Gasteiger partial charge on any atom is 0.228 e. The zero-order valence-corrected chi connectivity index (χ0v) is 9.69. The number of ether oxygens (including phenoxy) is 1. The summed E-state index contributed by atoms with van der Waals surface area (Å²) in [7, 11) is 0. The smallest absolute Gasteiger partial charge is 0.228 e. The van der Waals surface area contributed by atoms with Crippen LogP contribution in [0, 0.1) is 5.82 Å². The second kappa shape index (κ2) is 3.63. The summed E-state index contributed by atoms with van der Waals surface area (Å²) in [5, 5.41) is 2.59. The molecule has 0 aromatic heterocycles. The second-order valence-electron chi connectivity index (χ2n) is 4.35. The van der Waals surface area contributed by atoms with Crippen LogP contribution in [-0.4, -0.2) is 11.5 Å². The Labute approximate surface area is 97.5 Å². The lowest BCUT2D eigenvalue weighted by molar-refractivity contribution is -0.118. The molecule has 1 N–H and O–H groups in total. The van der Waals surface area contributed by atoms with E-state index in [9.17, 15) is 9.18 Å². The number of fused-ring (bicyclic) bond motifs is 1. The summed E-state index contributed by atoms with van der Waals surface area (Å²) in [6.07, 6.45) is 0.209. The van der Waals surface area contributed by atoms with E-state index in [1.54, 1.807) is 13.8 Å². The molecule has 1 amide bonds. The minimum absolute atomic E-state index is 0.0395. The molecule has 0 radical (unpaired) electrons. The van der Waals surface area contributed by atoms with Crippen LogP contribution in [0.1, 0.15) is 20.3 Å². The predicted octanol–water partition coefficient (Wildman–Crippen LogP) is 2.98. The number of benzene rings is 1. The number of halogens is 2. The largest absolute Gasteiger partial charge is 0.485 e. The molecule has 1 aromatic carbocycles. The van der Waals surface area contributed by atoms with Gasteiger partial charge in [-0.2, -0.15) is 0 Å². The van der Waals surface area contributed by atoms with E-state index >= 15 is 0 Å². The second-order valence-corrected chi connectivity index (χ2v) is 4.76. The number of rotatable bonds is 0. The van der Waals surface area contributed by atoms with Crippen molar-refractivity contribution in [2.45, 2.75) is 25.9 Å². The van der Waals surface area contributed by atoms with Gasteiger partial charge in [0.2, 0.25) is 5.91 Å². The molecule has 0 saturated carbocycles. The van der Waals surface area contributed by atoms with Gasteiger partial charge in [-0.15, -0.1) is 0 Å². The number of hydrogen-bond acceptors (Lipinski definition) is 2. The standard InChI is InChI=1S/C11H11ClFNO2/c1-11(2)5-10(15)14-8-3-6(12)7(13)4-9(8)16-11/h3-4H,5H2,1-2H3,(H,14,15). The van der Waals surface area contributed by atoms with Crippen molar-refractivity contribution in [2.75, 3.05) is 5.32 Å². The number of carbonyl (C=O) groups excluding carboxylic acids is 1. The van der Waals surface area contributed by atoms with Gasteiger partial charge < -0.3 is 10.1 Å². The highest BCUT2D eigenvalue weighted by Gasteiger charge is 2.29. The van der Waals surface area contributed by atoms with E-state index in [2.05, 4.69) is 5.32 Å². The van der Waals surface area contributed by atoms with Gasteiger partial charge in [0.1, 0.15) is 17.2 Å². The lowest BCUT2D eigenvalue weighted by Crippen LogP contribution is -2.30. The van der Waals surface area contributed by atoms with Crippen LogP contribution in [0.2, 0.25) is 5.02 Å². The molecule has 0 fully saturated rings. The van der Waals surface area contributed by atoms with E-state index < -0.39 is 11.4 Å². The Balaban J connectivity index is 2.50. The van der Waals surface area contributed by atoms with Crippen LogP contribution in [-0.2, 0) is 4.79 Å². The Morgan fingerprint density at radius 1 is 1.50 bits per heavy atom. The molecule has 1 heterocycles. The predicted molar refractivity (Wildman–Crippen MR) is 59.4 cm³/mol. The molecule has 1 aliphatic heterocycles. The van der Waals surface area contributed by atoms with Crippen molar-refractivity contribution in [2.24, 2.45) is 0 Å². The summed E-state index contributed by atoms with van der Waals surface area (Å²) in [5.74, 6) is -0.434. The third-order valence-corrected chi connectivity index (χ3v) is 2.56. The molecule has 5 heteroatoms. The molecule has 1 aliphatic rings. The highest BCUT2D eigenvalue weighted by atomic mass is 35.5. The van der Waals surface area contributed by atoms with Gasteiger partial charge in [0.25, 0.3) is 0 Å². The van der Waals surface area contributed by atoms with Crippen molar-refractivity contribution < 1.29 is 13.9 Å². The molecule has 0 aliphatic carbocycles. The van der Waals surface area contributed by atoms with Gasteiger partial charge in [-0.05, 0) is 19.9 Å². The van der Waals surface area contributed by atoms with E-state index in [1.807, 2.05) is 0 Å². The molecule has 0 bridgehead atoms. The maximum absolute atomic E-state index is 13.3. The van der Waals surface area contributed by atoms with E-state index in [-0.39, 0.29) is 17.4 Å². The summed E-state index contributed by atoms with van der Waals surface area (Å²) in [6.45, 7) is 3.54. The van der Waals surface area contributed by atoms with Crippen molar-refractivity contribution in [3.8, 4) is 5.75 Å².